The van der Waals surface area contributed by atoms with Gasteiger partial charge >= 0.3 is 0 Å². The Hall–Kier alpha value is -3.85. The smallest absolute Gasteiger partial charge is 0.258 e. The number of nitrogens with one attached hydrogen (secondary N) is 1. The molecular formula is C26H21BrFN5O2. The minimum absolute atomic E-state index is 0.128. The number of rotatable bonds is 7. The van der Waals surface area contributed by atoms with E-state index in [9.17, 15) is 9.18 Å². The molecule has 4 aromatic rings. The molecule has 1 aliphatic heterocycles. The molecule has 0 radical (unpaired) electrons. The van der Waals surface area contributed by atoms with Crippen molar-refractivity contribution in [3.05, 3.63) is 106 Å². The van der Waals surface area contributed by atoms with Crippen LogP contribution < -0.4 is 15.0 Å². The SMILES string of the molecule is O=C(NCc1cccnc1)c1cnc(N2CCc3cc(Br)ccc32)nc1OCc1ccc(F)cc1. The van der Waals surface area contributed by atoms with Gasteiger partial charge in [0.05, 0.1) is 0 Å². The maximum atomic E-state index is 13.3. The molecule has 5 rings (SSSR count). The first kappa shape index (κ1) is 22.9. The van der Waals surface area contributed by atoms with Crippen molar-refractivity contribution in [2.45, 2.75) is 19.6 Å². The third-order valence-electron chi connectivity index (χ3n) is 5.63. The molecule has 0 saturated heterocycles. The van der Waals surface area contributed by atoms with Crippen molar-refractivity contribution in [1.82, 2.24) is 20.3 Å². The van der Waals surface area contributed by atoms with Crippen LogP contribution in [0.25, 0.3) is 0 Å². The highest BCUT2D eigenvalue weighted by Crippen LogP contribution is 2.35. The number of aromatic nitrogens is 3. The number of carbonyl (C=O) groups is 1. The monoisotopic (exact) mass is 533 g/mol. The van der Waals surface area contributed by atoms with Crippen molar-refractivity contribution in [2.75, 3.05) is 11.4 Å². The first-order chi connectivity index (χ1) is 17.1. The Morgan fingerprint density at radius 2 is 1.97 bits per heavy atom. The van der Waals surface area contributed by atoms with E-state index in [-0.39, 0.29) is 29.8 Å². The summed E-state index contributed by atoms with van der Waals surface area (Å²) in [7, 11) is 0. The molecule has 0 spiro atoms. The fourth-order valence-corrected chi connectivity index (χ4v) is 4.25. The summed E-state index contributed by atoms with van der Waals surface area (Å²) in [4.78, 5) is 28.2. The van der Waals surface area contributed by atoms with E-state index in [4.69, 9.17) is 4.74 Å². The van der Waals surface area contributed by atoms with Gasteiger partial charge in [0.1, 0.15) is 18.0 Å². The fraction of sp³-hybridized carbons (Fsp3) is 0.154. The van der Waals surface area contributed by atoms with Gasteiger partial charge in [-0.05, 0) is 59.5 Å². The number of anilines is 2. The van der Waals surface area contributed by atoms with Gasteiger partial charge in [-0.15, -0.1) is 0 Å². The van der Waals surface area contributed by atoms with Crippen LogP contribution in [0, 0.1) is 5.82 Å². The van der Waals surface area contributed by atoms with Crippen LogP contribution in [-0.4, -0.2) is 27.4 Å². The van der Waals surface area contributed by atoms with Crippen molar-refractivity contribution in [3.63, 3.8) is 0 Å². The highest BCUT2D eigenvalue weighted by molar-refractivity contribution is 9.10. The van der Waals surface area contributed by atoms with E-state index in [1.807, 2.05) is 29.2 Å². The highest BCUT2D eigenvalue weighted by Gasteiger charge is 2.25. The second-order valence-electron chi connectivity index (χ2n) is 8.02. The largest absolute Gasteiger partial charge is 0.472 e. The van der Waals surface area contributed by atoms with Crippen LogP contribution in [-0.2, 0) is 19.6 Å². The Balaban J connectivity index is 1.41. The van der Waals surface area contributed by atoms with Crippen LogP contribution in [0.4, 0.5) is 16.0 Å². The van der Waals surface area contributed by atoms with E-state index in [1.54, 1.807) is 24.5 Å². The third kappa shape index (κ3) is 5.30. The second-order valence-corrected chi connectivity index (χ2v) is 8.94. The molecule has 0 unspecified atom stereocenters. The number of fused-ring (bicyclic) bond motifs is 1. The quantitative estimate of drug-likeness (QED) is 0.361. The lowest BCUT2D eigenvalue weighted by atomic mass is 10.2. The third-order valence-corrected chi connectivity index (χ3v) is 6.12. The maximum absolute atomic E-state index is 13.3. The topological polar surface area (TPSA) is 80.2 Å². The Kier molecular flexibility index (Phi) is 6.67. The lowest BCUT2D eigenvalue weighted by Crippen LogP contribution is -2.25. The standard InChI is InChI=1S/C26H21BrFN5O2/c27-20-5-8-23-19(12-20)9-11-33(23)26-31-15-22(24(34)30-14-18-2-1-10-29-13-18)25(32-26)35-16-17-3-6-21(28)7-4-17/h1-8,10,12-13,15H,9,11,14,16H2,(H,30,34). The van der Waals surface area contributed by atoms with Gasteiger partial charge in [0.2, 0.25) is 11.8 Å². The normalized spacial score (nSPS) is 12.3. The number of carbonyl (C=O) groups excluding carboxylic acids is 1. The Labute approximate surface area is 210 Å². The van der Waals surface area contributed by atoms with Crippen molar-refractivity contribution in [2.24, 2.45) is 0 Å². The van der Waals surface area contributed by atoms with Crippen LogP contribution in [0.1, 0.15) is 27.0 Å². The molecule has 1 aliphatic rings. The molecule has 1 amide bonds. The number of benzene rings is 2. The minimum Gasteiger partial charge on any atom is -0.472 e. The van der Waals surface area contributed by atoms with Gasteiger partial charge < -0.3 is 15.0 Å². The Morgan fingerprint density at radius 3 is 2.77 bits per heavy atom. The zero-order valence-electron chi connectivity index (χ0n) is 18.6. The van der Waals surface area contributed by atoms with E-state index in [2.05, 4.69) is 42.3 Å². The van der Waals surface area contributed by atoms with Crippen molar-refractivity contribution >= 4 is 33.5 Å². The van der Waals surface area contributed by atoms with Crippen LogP contribution in [0.5, 0.6) is 5.88 Å². The molecule has 9 heteroatoms. The molecule has 0 atom stereocenters. The number of halogens is 2. The van der Waals surface area contributed by atoms with Gasteiger partial charge in [0.25, 0.3) is 5.91 Å². The molecule has 0 aliphatic carbocycles. The predicted octanol–water partition coefficient (Wildman–Crippen LogP) is 4.98. The van der Waals surface area contributed by atoms with Gasteiger partial charge in [0, 0.05) is 41.8 Å². The summed E-state index contributed by atoms with van der Waals surface area (Å²) in [6.07, 6.45) is 5.71. The van der Waals surface area contributed by atoms with Crippen LogP contribution in [0.2, 0.25) is 0 Å². The molecule has 1 N–H and O–H groups in total. The second kappa shape index (κ2) is 10.2. The number of hydrogen-bond acceptors (Lipinski definition) is 6. The van der Waals surface area contributed by atoms with Gasteiger partial charge in [-0.3, -0.25) is 9.78 Å². The summed E-state index contributed by atoms with van der Waals surface area (Å²) in [6.45, 7) is 1.15. The molecule has 0 saturated carbocycles. The molecular weight excluding hydrogens is 513 g/mol. The summed E-state index contributed by atoms with van der Waals surface area (Å²) in [6, 6.07) is 15.8. The molecule has 176 valence electrons. The number of nitrogens with zero attached hydrogens (tertiary/aromatic N) is 4. The molecule has 3 heterocycles. The van der Waals surface area contributed by atoms with Gasteiger partial charge in [0.15, 0.2) is 0 Å². The van der Waals surface area contributed by atoms with Crippen molar-refractivity contribution in [1.29, 1.82) is 0 Å². The lowest BCUT2D eigenvalue weighted by molar-refractivity contribution is 0.0945. The van der Waals surface area contributed by atoms with Crippen LogP contribution in [0.3, 0.4) is 0 Å². The molecule has 0 fully saturated rings. The first-order valence-electron chi connectivity index (χ1n) is 11.0. The summed E-state index contributed by atoms with van der Waals surface area (Å²) < 4.78 is 20.3. The number of pyridine rings is 1. The van der Waals surface area contributed by atoms with Crippen molar-refractivity contribution in [3.8, 4) is 5.88 Å². The zero-order valence-corrected chi connectivity index (χ0v) is 20.2. The maximum Gasteiger partial charge on any atom is 0.258 e. The van der Waals surface area contributed by atoms with Gasteiger partial charge in [-0.1, -0.05) is 34.1 Å². The average molecular weight is 534 g/mol. The predicted molar refractivity (Wildman–Crippen MR) is 133 cm³/mol. The number of ether oxygens (including phenoxy) is 1. The fourth-order valence-electron chi connectivity index (χ4n) is 3.84. The minimum atomic E-state index is -0.361. The molecule has 0 bridgehead atoms. The van der Waals surface area contributed by atoms with Gasteiger partial charge in [-0.2, -0.15) is 4.98 Å². The average Bonchev–Trinajstić information content (AvgIpc) is 3.30. The lowest BCUT2D eigenvalue weighted by Gasteiger charge is -2.19. The van der Waals surface area contributed by atoms with E-state index in [1.165, 1.54) is 23.9 Å². The van der Waals surface area contributed by atoms with Gasteiger partial charge in [-0.25, -0.2) is 9.37 Å². The van der Waals surface area contributed by atoms with E-state index in [0.29, 0.717) is 12.5 Å². The molecule has 2 aromatic heterocycles. The Bertz CT molecular complexity index is 1350. The first-order valence-corrected chi connectivity index (χ1v) is 11.8. The van der Waals surface area contributed by atoms with E-state index < -0.39 is 0 Å². The molecule has 2 aromatic carbocycles. The van der Waals surface area contributed by atoms with E-state index >= 15 is 0 Å². The number of amides is 1. The summed E-state index contributed by atoms with van der Waals surface area (Å²) >= 11 is 3.52. The van der Waals surface area contributed by atoms with Crippen LogP contribution >= 0.6 is 15.9 Å². The number of hydrogen-bond donors (Lipinski definition) is 1. The zero-order chi connectivity index (χ0) is 24.2. The van der Waals surface area contributed by atoms with Crippen LogP contribution in [0.15, 0.2) is 77.7 Å². The molecule has 7 nitrogen and oxygen atoms in total. The van der Waals surface area contributed by atoms with Crippen molar-refractivity contribution < 1.29 is 13.9 Å². The summed E-state index contributed by atoms with van der Waals surface area (Å²) in [5.41, 5.74) is 4.05. The van der Waals surface area contributed by atoms with E-state index in [0.717, 1.165) is 34.3 Å². The summed E-state index contributed by atoms with van der Waals surface area (Å²) in [5, 5.41) is 2.86. The Morgan fingerprint density at radius 1 is 1.11 bits per heavy atom. The molecule has 35 heavy (non-hydrogen) atoms. The summed E-state index contributed by atoms with van der Waals surface area (Å²) in [5.74, 6) is -0.0781. The highest BCUT2D eigenvalue weighted by atomic mass is 79.9.